The fourth-order valence-corrected chi connectivity index (χ4v) is 4.09. The van der Waals surface area contributed by atoms with Crippen molar-refractivity contribution in [2.45, 2.75) is 26.2 Å². The van der Waals surface area contributed by atoms with Crippen molar-refractivity contribution >= 4 is 45.7 Å². The first kappa shape index (κ1) is 20.5. The number of benzene rings is 2. The first-order valence-corrected chi connectivity index (χ1v) is 10.5. The van der Waals surface area contributed by atoms with Crippen LogP contribution in [0.1, 0.15) is 24.0 Å². The number of para-hydroxylation sites is 1. The maximum absolute atomic E-state index is 12.5. The van der Waals surface area contributed by atoms with E-state index in [1.807, 2.05) is 18.2 Å². The van der Waals surface area contributed by atoms with Crippen LogP contribution in [-0.2, 0) is 11.2 Å². The highest BCUT2D eigenvalue weighted by molar-refractivity contribution is 6.39. The molecule has 2 aromatic heterocycles. The zero-order chi connectivity index (χ0) is 21.1. The Bertz CT molecular complexity index is 1180. The molecule has 4 aromatic rings. The van der Waals surface area contributed by atoms with E-state index in [1.165, 1.54) is 16.5 Å². The molecule has 2 aromatic carbocycles. The number of carbonyl (C=O) groups excluding carboxylic acids is 1. The molecule has 0 aliphatic heterocycles. The molecular formula is C24H21Cl2N3O. The number of halogens is 2. The first-order chi connectivity index (χ1) is 14.5. The molecule has 2 heterocycles. The van der Waals surface area contributed by atoms with Crippen molar-refractivity contribution in [3.63, 3.8) is 0 Å². The minimum atomic E-state index is -0.111. The standard InChI is InChI=1S/C24H21Cl2N3O/c1-15-11-12-20-17(14-15)16(23(28-20)21-9-2-3-13-27-21)6-4-10-22(30)29-24-18(25)7-5-8-19(24)26/h2-3,5,7-9,11-14,28H,4,6,10H2,1H3,(H,29,30). The number of fused-ring (bicyclic) bond motifs is 1. The summed E-state index contributed by atoms with van der Waals surface area (Å²) in [6.07, 6.45) is 3.59. The van der Waals surface area contributed by atoms with E-state index in [-0.39, 0.29) is 5.91 Å². The molecule has 0 atom stereocenters. The normalized spacial score (nSPS) is 11.0. The van der Waals surface area contributed by atoms with Gasteiger partial charge in [0.1, 0.15) is 0 Å². The average molecular weight is 438 g/mol. The van der Waals surface area contributed by atoms with Crippen LogP contribution in [0.4, 0.5) is 5.69 Å². The van der Waals surface area contributed by atoms with Crippen molar-refractivity contribution in [3.05, 3.63) is 82.0 Å². The van der Waals surface area contributed by atoms with E-state index in [9.17, 15) is 4.79 Å². The lowest BCUT2D eigenvalue weighted by Crippen LogP contribution is -2.12. The maximum Gasteiger partial charge on any atom is 0.224 e. The van der Waals surface area contributed by atoms with Gasteiger partial charge in [-0.25, -0.2) is 0 Å². The van der Waals surface area contributed by atoms with E-state index in [4.69, 9.17) is 23.2 Å². The molecule has 30 heavy (non-hydrogen) atoms. The minimum absolute atomic E-state index is 0.111. The Kier molecular flexibility index (Phi) is 6.07. The molecule has 0 aliphatic carbocycles. The Morgan fingerprint density at radius 1 is 1.07 bits per heavy atom. The number of pyridine rings is 1. The summed E-state index contributed by atoms with van der Waals surface area (Å²) >= 11 is 12.3. The molecule has 1 amide bonds. The lowest BCUT2D eigenvalue weighted by Gasteiger charge is -2.09. The van der Waals surface area contributed by atoms with E-state index < -0.39 is 0 Å². The maximum atomic E-state index is 12.5. The van der Waals surface area contributed by atoms with Gasteiger partial charge >= 0.3 is 0 Å². The molecule has 0 radical (unpaired) electrons. The smallest absolute Gasteiger partial charge is 0.224 e. The van der Waals surface area contributed by atoms with Crippen LogP contribution in [0.25, 0.3) is 22.3 Å². The highest BCUT2D eigenvalue weighted by Gasteiger charge is 2.15. The highest BCUT2D eigenvalue weighted by atomic mass is 35.5. The number of amides is 1. The summed E-state index contributed by atoms with van der Waals surface area (Å²) < 4.78 is 0. The Labute approximate surface area is 185 Å². The molecular weight excluding hydrogens is 417 g/mol. The van der Waals surface area contributed by atoms with Crippen LogP contribution in [0.15, 0.2) is 60.8 Å². The van der Waals surface area contributed by atoms with Crippen LogP contribution < -0.4 is 5.32 Å². The van der Waals surface area contributed by atoms with Gasteiger partial charge in [-0.3, -0.25) is 9.78 Å². The number of hydrogen-bond acceptors (Lipinski definition) is 2. The van der Waals surface area contributed by atoms with Crippen molar-refractivity contribution in [1.29, 1.82) is 0 Å². The predicted molar refractivity (Wildman–Crippen MR) is 124 cm³/mol. The van der Waals surface area contributed by atoms with E-state index in [1.54, 1.807) is 24.4 Å². The summed E-state index contributed by atoms with van der Waals surface area (Å²) in [6, 6.07) is 17.4. The number of aromatic nitrogens is 2. The molecule has 0 saturated heterocycles. The lowest BCUT2D eigenvalue weighted by atomic mass is 10.0. The summed E-state index contributed by atoms with van der Waals surface area (Å²) in [7, 11) is 0. The second-order valence-electron chi connectivity index (χ2n) is 7.24. The van der Waals surface area contributed by atoms with Gasteiger partial charge in [0, 0.05) is 23.5 Å². The van der Waals surface area contributed by atoms with Crippen molar-refractivity contribution in [2.24, 2.45) is 0 Å². The molecule has 2 N–H and O–H groups in total. The number of hydrogen-bond donors (Lipinski definition) is 2. The van der Waals surface area contributed by atoms with Gasteiger partial charge in [0.25, 0.3) is 0 Å². The third kappa shape index (κ3) is 4.35. The monoisotopic (exact) mass is 437 g/mol. The average Bonchev–Trinajstić information content (AvgIpc) is 3.09. The first-order valence-electron chi connectivity index (χ1n) is 9.79. The number of rotatable bonds is 6. The van der Waals surface area contributed by atoms with E-state index >= 15 is 0 Å². The SMILES string of the molecule is Cc1ccc2[nH]c(-c3ccccn3)c(CCCC(=O)Nc3c(Cl)cccc3Cl)c2c1. The van der Waals surface area contributed by atoms with Crippen molar-refractivity contribution in [3.8, 4) is 11.4 Å². The highest BCUT2D eigenvalue weighted by Crippen LogP contribution is 2.32. The molecule has 6 heteroatoms. The van der Waals surface area contributed by atoms with Crippen LogP contribution in [0.3, 0.4) is 0 Å². The largest absolute Gasteiger partial charge is 0.353 e. The number of aryl methyl sites for hydroxylation is 2. The summed E-state index contributed by atoms with van der Waals surface area (Å²) in [6.45, 7) is 2.08. The Hall–Kier alpha value is -2.82. The van der Waals surface area contributed by atoms with Gasteiger partial charge in [-0.05, 0) is 61.7 Å². The predicted octanol–water partition coefficient (Wildman–Crippen LogP) is 6.81. The molecule has 0 spiro atoms. The van der Waals surface area contributed by atoms with E-state index in [0.717, 1.165) is 23.3 Å². The number of nitrogens with zero attached hydrogens (tertiary/aromatic N) is 1. The zero-order valence-electron chi connectivity index (χ0n) is 16.5. The number of aromatic amines is 1. The Balaban J connectivity index is 1.53. The van der Waals surface area contributed by atoms with Gasteiger partial charge in [0.05, 0.1) is 27.1 Å². The Morgan fingerprint density at radius 2 is 1.87 bits per heavy atom. The topological polar surface area (TPSA) is 57.8 Å². The molecule has 152 valence electrons. The second kappa shape index (κ2) is 8.90. The fraction of sp³-hybridized carbons (Fsp3) is 0.167. The van der Waals surface area contributed by atoms with Gasteiger partial charge < -0.3 is 10.3 Å². The van der Waals surface area contributed by atoms with E-state index in [0.29, 0.717) is 28.6 Å². The van der Waals surface area contributed by atoms with Crippen LogP contribution in [0.2, 0.25) is 10.0 Å². The molecule has 4 nitrogen and oxygen atoms in total. The van der Waals surface area contributed by atoms with E-state index in [2.05, 4.69) is 40.4 Å². The van der Waals surface area contributed by atoms with Crippen molar-refractivity contribution in [1.82, 2.24) is 9.97 Å². The van der Waals surface area contributed by atoms with Gasteiger partial charge in [0.2, 0.25) is 5.91 Å². The Morgan fingerprint density at radius 3 is 2.60 bits per heavy atom. The number of carbonyl (C=O) groups is 1. The molecule has 4 rings (SSSR count). The summed E-state index contributed by atoms with van der Waals surface area (Å²) in [5.74, 6) is -0.111. The zero-order valence-corrected chi connectivity index (χ0v) is 18.0. The van der Waals surface area contributed by atoms with Crippen LogP contribution in [-0.4, -0.2) is 15.9 Å². The molecule has 0 aliphatic rings. The minimum Gasteiger partial charge on any atom is -0.353 e. The quantitative estimate of drug-likeness (QED) is 0.348. The molecule has 0 saturated carbocycles. The lowest BCUT2D eigenvalue weighted by molar-refractivity contribution is -0.116. The number of H-pyrrole nitrogens is 1. The number of nitrogens with one attached hydrogen (secondary N) is 2. The molecule has 0 fully saturated rings. The van der Waals surface area contributed by atoms with Crippen molar-refractivity contribution < 1.29 is 4.79 Å². The van der Waals surface area contributed by atoms with Crippen LogP contribution in [0.5, 0.6) is 0 Å². The third-order valence-corrected chi connectivity index (χ3v) is 5.67. The van der Waals surface area contributed by atoms with Crippen molar-refractivity contribution in [2.75, 3.05) is 5.32 Å². The second-order valence-corrected chi connectivity index (χ2v) is 8.06. The third-order valence-electron chi connectivity index (χ3n) is 5.04. The summed E-state index contributed by atoms with van der Waals surface area (Å²) in [5, 5.41) is 4.86. The summed E-state index contributed by atoms with van der Waals surface area (Å²) in [4.78, 5) is 20.5. The molecule has 0 bridgehead atoms. The number of anilines is 1. The molecule has 0 unspecified atom stereocenters. The van der Waals surface area contributed by atoms with Gasteiger partial charge in [0.15, 0.2) is 0 Å². The van der Waals surface area contributed by atoms with Crippen LogP contribution >= 0.6 is 23.2 Å². The van der Waals surface area contributed by atoms with Gasteiger partial charge in [-0.1, -0.05) is 47.0 Å². The summed E-state index contributed by atoms with van der Waals surface area (Å²) in [5.41, 5.74) is 5.81. The van der Waals surface area contributed by atoms with Gasteiger partial charge in [-0.15, -0.1) is 0 Å². The van der Waals surface area contributed by atoms with Gasteiger partial charge in [-0.2, -0.15) is 0 Å². The fourth-order valence-electron chi connectivity index (χ4n) is 3.60. The van der Waals surface area contributed by atoms with Crippen LogP contribution in [0, 0.1) is 6.92 Å².